The molecule has 0 saturated heterocycles. The molecule has 5 rings (SSSR count). The molecule has 0 bridgehead atoms. The van der Waals surface area contributed by atoms with E-state index in [0.717, 1.165) is 29.8 Å². The van der Waals surface area contributed by atoms with Gasteiger partial charge in [0.15, 0.2) is 0 Å². The van der Waals surface area contributed by atoms with Gasteiger partial charge in [-0.15, -0.1) is 0 Å². The van der Waals surface area contributed by atoms with Gasteiger partial charge < -0.3 is 21.5 Å². The number of nitrogens with one attached hydrogen (secondary N) is 2. The monoisotopic (exact) mass is 519 g/mol. The van der Waals surface area contributed by atoms with Gasteiger partial charge in [0.25, 0.3) is 0 Å². The van der Waals surface area contributed by atoms with Gasteiger partial charge >= 0.3 is 0 Å². The molecule has 4 heteroatoms. The lowest BCUT2D eigenvalue weighted by Crippen LogP contribution is -2.45. The molecule has 39 heavy (non-hydrogen) atoms. The molecule has 0 heterocycles. The van der Waals surface area contributed by atoms with Crippen LogP contribution in [0.15, 0.2) is 103 Å². The Morgan fingerprint density at radius 2 is 1.49 bits per heavy atom. The highest BCUT2D eigenvalue weighted by Gasteiger charge is 2.44. The summed E-state index contributed by atoms with van der Waals surface area (Å²) in [5.41, 5.74) is 14.7. The zero-order chi connectivity index (χ0) is 27.5. The molecule has 0 amide bonds. The minimum Gasteiger partial charge on any atom is -0.390 e. The summed E-state index contributed by atoms with van der Waals surface area (Å²) in [6, 6.07) is 35.7. The van der Waals surface area contributed by atoms with E-state index in [0.29, 0.717) is 13.0 Å². The molecular formula is C35H41N3O. The van der Waals surface area contributed by atoms with Crippen molar-refractivity contribution in [1.82, 2.24) is 5.32 Å². The topological polar surface area (TPSA) is 70.3 Å². The summed E-state index contributed by atoms with van der Waals surface area (Å²) < 4.78 is 0. The van der Waals surface area contributed by atoms with Crippen molar-refractivity contribution in [3.8, 4) is 11.1 Å². The Balaban J connectivity index is 1.15. The van der Waals surface area contributed by atoms with Crippen LogP contribution in [0.4, 0.5) is 11.4 Å². The van der Waals surface area contributed by atoms with Crippen molar-refractivity contribution in [1.29, 1.82) is 0 Å². The Morgan fingerprint density at radius 3 is 2.18 bits per heavy atom. The SMILES string of the molecule is CC(C)(C)c1cccc(C2(NC[C@@H](O)[C@@H](N)Cc3ccc(Nc4cccc(-c5ccccc5)c4)cc3)CC2)c1. The number of aliphatic hydroxyl groups is 1. The molecule has 4 aromatic carbocycles. The summed E-state index contributed by atoms with van der Waals surface area (Å²) in [6.45, 7) is 7.22. The van der Waals surface area contributed by atoms with Crippen LogP contribution in [0.2, 0.25) is 0 Å². The van der Waals surface area contributed by atoms with Gasteiger partial charge in [0.05, 0.1) is 6.10 Å². The summed E-state index contributed by atoms with van der Waals surface area (Å²) in [4.78, 5) is 0. The molecule has 1 aliphatic carbocycles. The maximum atomic E-state index is 10.9. The first kappa shape index (κ1) is 27.1. The quantitative estimate of drug-likeness (QED) is 0.184. The molecule has 202 valence electrons. The molecule has 4 aromatic rings. The first-order valence-corrected chi connectivity index (χ1v) is 14.0. The minimum atomic E-state index is -0.619. The molecule has 2 atom stereocenters. The van der Waals surface area contributed by atoms with Crippen molar-refractivity contribution in [2.75, 3.05) is 11.9 Å². The average molecular weight is 520 g/mol. The third-order valence-electron chi connectivity index (χ3n) is 7.86. The van der Waals surface area contributed by atoms with Gasteiger partial charge in [-0.25, -0.2) is 0 Å². The van der Waals surface area contributed by atoms with Gasteiger partial charge in [0, 0.05) is 29.5 Å². The number of rotatable bonds is 10. The predicted octanol–water partition coefficient (Wildman–Crippen LogP) is 6.90. The zero-order valence-electron chi connectivity index (χ0n) is 23.3. The second kappa shape index (κ2) is 11.4. The second-order valence-corrected chi connectivity index (χ2v) is 12.0. The van der Waals surface area contributed by atoms with Gasteiger partial charge in [0.1, 0.15) is 0 Å². The van der Waals surface area contributed by atoms with Crippen molar-refractivity contribution in [2.24, 2.45) is 5.73 Å². The summed E-state index contributed by atoms with van der Waals surface area (Å²) >= 11 is 0. The van der Waals surface area contributed by atoms with E-state index in [1.165, 1.54) is 22.3 Å². The Hall–Kier alpha value is -3.44. The van der Waals surface area contributed by atoms with Gasteiger partial charge in [-0.05, 0) is 76.8 Å². The Kier molecular flexibility index (Phi) is 7.90. The van der Waals surface area contributed by atoms with Crippen LogP contribution < -0.4 is 16.4 Å². The lowest BCUT2D eigenvalue weighted by Gasteiger charge is -2.26. The standard InChI is InChI=1S/C35H41N3O/c1-34(2,3)28-12-8-13-29(23-28)35(19-20-35)37-24-33(39)32(36)21-25-15-17-30(18-16-25)38-31-14-7-11-27(22-31)26-9-5-4-6-10-26/h4-18,22-23,32-33,37-39H,19-21,24,36H2,1-3H3/t32-,33+/m0/s1. The molecule has 5 N–H and O–H groups in total. The average Bonchev–Trinajstić information content (AvgIpc) is 3.74. The fourth-order valence-corrected chi connectivity index (χ4v) is 5.13. The number of hydrogen-bond acceptors (Lipinski definition) is 4. The molecule has 4 nitrogen and oxygen atoms in total. The van der Waals surface area contributed by atoms with Crippen LogP contribution in [0.3, 0.4) is 0 Å². The lowest BCUT2D eigenvalue weighted by atomic mass is 9.85. The van der Waals surface area contributed by atoms with E-state index in [1.807, 2.05) is 6.07 Å². The summed E-state index contributed by atoms with van der Waals surface area (Å²) in [5, 5.41) is 18.0. The molecule has 0 unspecified atom stereocenters. The van der Waals surface area contributed by atoms with Crippen LogP contribution in [-0.2, 0) is 17.4 Å². The Morgan fingerprint density at radius 1 is 0.795 bits per heavy atom. The maximum absolute atomic E-state index is 10.9. The van der Waals surface area contributed by atoms with Crippen molar-refractivity contribution in [2.45, 2.75) is 63.1 Å². The van der Waals surface area contributed by atoms with E-state index in [1.54, 1.807) is 0 Å². The molecule has 1 fully saturated rings. The molecular weight excluding hydrogens is 478 g/mol. The third-order valence-corrected chi connectivity index (χ3v) is 7.86. The van der Waals surface area contributed by atoms with Gasteiger partial charge in [-0.3, -0.25) is 0 Å². The first-order valence-electron chi connectivity index (χ1n) is 14.0. The lowest BCUT2D eigenvalue weighted by molar-refractivity contribution is 0.136. The van der Waals surface area contributed by atoms with E-state index in [9.17, 15) is 5.11 Å². The molecule has 0 radical (unpaired) electrons. The van der Waals surface area contributed by atoms with Crippen molar-refractivity contribution < 1.29 is 5.11 Å². The van der Waals surface area contributed by atoms with E-state index in [-0.39, 0.29) is 17.0 Å². The Labute approximate surface area is 233 Å². The second-order valence-electron chi connectivity index (χ2n) is 12.0. The number of hydrogen-bond donors (Lipinski definition) is 4. The molecule has 0 aromatic heterocycles. The molecule has 1 saturated carbocycles. The highest BCUT2D eigenvalue weighted by molar-refractivity contribution is 5.70. The minimum absolute atomic E-state index is 0.0346. The normalized spacial score (nSPS) is 15.9. The fourth-order valence-electron chi connectivity index (χ4n) is 5.13. The van der Waals surface area contributed by atoms with Crippen molar-refractivity contribution >= 4 is 11.4 Å². The number of benzene rings is 4. The summed E-state index contributed by atoms with van der Waals surface area (Å²) in [5.74, 6) is 0. The van der Waals surface area contributed by atoms with Crippen LogP contribution in [0, 0.1) is 0 Å². The smallest absolute Gasteiger partial charge is 0.0818 e. The van der Waals surface area contributed by atoms with E-state index in [4.69, 9.17) is 5.73 Å². The van der Waals surface area contributed by atoms with Gasteiger partial charge in [0.2, 0.25) is 0 Å². The predicted molar refractivity (Wildman–Crippen MR) is 163 cm³/mol. The molecule has 0 aliphatic heterocycles. The number of nitrogens with two attached hydrogens (primary N) is 1. The number of anilines is 2. The highest BCUT2D eigenvalue weighted by Crippen LogP contribution is 2.46. The summed E-state index contributed by atoms with van der Waals surface area (Å²) in [7, 11) is 0. The molecule has 1 aliphatic rings. The third kappa shape index (κ3) is 6.77. The Bertz CT molecular complexity index is 1370. The molecule has 0 spiro atoms. The fraction of sp³-hybridized carbons (Fsp3) is 0.314. The van der Waals surface area contributed by atoms with Crippen LogP contribution in [0.1, 0.15) is 50.3 Å². The maximum Gasteiger partial charge on any atom is 0.0818 e. The largest absolute Gasteiger partial charge is 0.390 e. The van der Waals surface area contributed by atoms with Gasteiger partial charge in [-0.2, -0.15) is 0 Å². The first-order chi connectivity index (χ1) is 18.7. The van der Waals surface area contributed by atoms with E-state index < -0.39 is 6.10 Å². The highest BCUT2D eigenvalue weighted by atomic mass is 16.3. The van der Waals surface area contributed by atoms with Gasteiger partial charge in [-0.1, -0.05) is 99.6 Å². The van der Waals surface area contributed by atoms with E-state index in [2.05, 4.69) is 128 Å². The van der Waals surface area contributed by atoms with E-state index >= 15 is 0 Å². The van der Waals surface area contributed by atoms with Crippen LogP contribution in [-0.4, -0.2) is 23.8 Å². The van der Waals surface area contributed by atoms with Crippen molar-refractivity contribution in [3.05, 3.63) is 120 Å². The van der Waals surface area contributed by atoms with Crippen LogP contribution >= 0.6 is 0 Å². The van der Waals surface area contributed by atoms with Crippen LogP contribution in [0.5, 0.6) is 0 Å². The number of aliphatic hydroxyl groups excluding tert-OH is 1. The van der Waals surface area contributed by atoms with Crippen LogP contribution in [0.25, 0.3) is 11.1 Å². The van der Waals surface area contributed by atoms with Crippen molar-refractivity contribution in [3.63, 3.8) is 0 Å². The zero-order valence-corrected chi connectivity index (χ0v) is 23.3. The summed E-state index contributed by atoms with van der Waals surface area (Å²) in [6.07, 6.45) is 2.18.